The van der Waals surface area contributed by atoms with Crippen molar-refractivity contribution >= 4 is 5.97 Å². The van der Waals surface area contributed by atoms with Gasteiger partial charge in [-0.1, -0.05) is 36.8 Å². The maximum Gasteiger partial charge on any atom is 0.341 e. The number of aryl methyl sites for hydroxylation is 2. The van der Waals surface area contributed by atoms with Crippen molar-refractivity contribution in [3.63, 3.8) is 0 Å². The Morgan fingerprint density at radius 1 is 1.30 bits per heavy atom. The first-order chi connectivity index (χ1) is 9.52. The minimum atomic E-state index is -1.23. The minimum absolute atomic E-state index is 0.246. The van der Waals surface area contributed by atoms with E-state index >= 15 is 0 Å². The van der Waals surface area contributed by atoms with Gasteiger partial charge in [-0.15, -0.1) is 0 Å². The molecular formula is C15H16N2O3. The zero-order valence-corrected chi connectivity index (χ0v) is 11.5. The lowest BCUT2D eigenvalue weighted by atomic mass is 10.1. The first-order valence-corrected chi connectivity index (χ1v) is 6.45. The molecule has 5 heteroatoms. The smallest absolute Gasteiger partial charge is 0.341 e. The second-order valence-corrected chi connectivity index (χ2v) is 4.64. The number of hydrogen-bond donors (Lipinski definition) is 1. The molecule has 2 aromatic rings. The normalized spacial score (nSPS) is 10.5. The summed E-state index contributed by atoms with van der Waals surface area (Å²) in [5, 5.41) is 13.4. The third-order valence-corrected chi connectivity index (χ3v) is 2.99. The molecule has 0 aliphatic rings. The summed E-state index contributed by atoms with van der Waals surface area (Å²) in [6.07, 6.45) is 0.712. The van der Waals surface area contributed by atoms with Gasteiger partial charge in [-0.05, 0) is 19.4 Å². The molecule has 0 saturated carbocycles. The molecular weight excluding hydrogens is 256 g/mol. The molecule has 1 heterocycles. The fraction of sp³-hybridized carbons (Fsp3) is 0.267. The van der Waals surface area contributed by atoms with Crippen LogP contribution >= 0.6 is 0 Å². The second kappa shape index (κ2) is 5.69. The maximum atomic E-state index is 12.0. The predicted octanol–water partition coefficient (Wildman–Crippen LogP) is 2.33. The predicted molar refractivity (Wildman–Crippen MR) is 75.9 cm³/mol. The molecule has 0 fully saturated rings. The standard InChI is InChI=1S/C15H16N2O3/c1-3-8-17-14(18)12(15(19)20)9-13(16-17)11-6-4-10(2)5-7-11/h4-7,9H,3,8H2,1-2H3,(H,19,20). The van der Waals surface area contributed by atoms with Crippen molar-refractivity contribution in [1.29, 1.82) is 0 Å². The molecule has 0 saturated heterocycles. The van der Waals surface area contributed by atoms with Gasteiger partial charge in [0.1, 0.15) is 5.56 Å². The Hall–Kier alpha value is -2.43. The van der Waals surface area contributed by atoms with Gasteiger partial charge < -0.3 is 5.11 Å². The number of rotatable bonds is 4. The molecule has 1 aromatic carbocycles. The van der Waals surface area contributed by atoms with Gasteiger partial charge in [0.15, 0.2) is 0 Å². The Balaban J connectivity index is 2.61. The van der Waals surface area contributed by atoms with Crippen LogP contribution in [0.2, 0.25) is 0 Å². The molecule has 0 aliphatic carbocycles. The Kier molecular flexibility index (Phi) is 3.98. The summed E-state index contributed by atoms with van der Waals surface area (Å²) in [7, 11) is 0. The number of nitrogens with zero attached hydrogens (tertiary/aromatic N) is 2. The Morgan fingerprint density at radius 3 is 2.50 bits per heavy atom. The highest BCUT2D eigenvalue weighted by Gasteiger charge is 2.14. The van der Waals surface area contributed by atoms with E-state index in [1.165, 1.54) is 10.7 Å². The van der Waals surface area contributed by atoms with Crippen LogP contribution in [0, 0.1) is 6.92 Å². The fourth-order valence-electron chi connectivity index (χ4n) is 1.92. The topological polar surface area (TPSA) is 72.2 Å². The van der Waals surface area contributed by atoms with Crippen LogP contribution in [0.25, 0.3) is 11.3 Å². The average molecular weight is 272 g/mol. The molecule has 0 aliphatic heterocycles. The van der Waals surface area contributed by atoms with E-state index in [1.54, 1.807) is 0 Å². The van der Waals surface area contributed by atoms with Gasteiger partial charge in [0, 0.05) is 12.1 Å². The van der Waals surface area contributed by atoms with Crippen LogP contribution in [-0.2, 0) is 6.54 Å². The highest BCUT2D eigenvalue weighted by Crippen LogP contribution is 2.17. The summed E-state index contributed by atoms with van der Waals surface area (Å²) < 4.78 is 1.22. The second-order valence-electron chi connectivity index (χ2n) is 4.64. The van der Waals surface area contributed by atoms with Crippen LogP contribution < -0.4 is 5.56 Å². The van der Waals surface area contributed by atoms with Gasteiger partial charge in [-0.2, -0.15) is 5.10 Å². The molecule has 0 radical (unpaired) electrons. The highest BCUT2D eigenvalue weighted by molar-refractivity contribution is 5.88. The van der Waals surface area contributed by atoms with Crippen LogP contribution in [0.1, 0.15) is 29.3 Å². The van der Waals surface area contributed by atoms with Crippen molar-refractivity contribution in [1.82, 2.24) is 9.78 Å². The number of aromatic carboxylic acids is 1. The number of carboxylic acid groups (broad SMARTS) is 1. The molecule has 5 nitrogen and oxygen atoms in total. The molecule has 2 rings (SSSR count). The number of hydrogen-bond acceptors (Lipinski definition) is 3. The van der Waals surface area contributed by atoms with Crippen molar-refractivity contribution in [2.24, 2.45) is 0 Å². The summed E-state index contributed by atoms with van der Waals surface area (Å²) >= 11 is 0. The summed E-state index contributed by atoms with van der Waals surface area (Å²) in [6.45, 7) is 4.28. The van der Waals surface area contributed by atoms with E-state index in [0.717, 1.165) is 11.1 Å². The Morgan fingerprint density at radius 2 is 1.95 bits per heavy atom. The van der Waals surface area contributed by atoms with E-state index in [4.69, 9.17) is 5.11 Å². The first kappa shape index (κ1) is 14.0. The van der Waals surface area contributed by atoms with Gasteiger partial charge in [0.05, 0.1) is 5.69 Å². The van der Waals surface area contributed by atoms with E-state index in [0.29, 0.717) is 18.7 Å². The number of aromatic nitrogens is 2. The zero-order chi connectivity index (χ0) is 14.7. The summed E-state index contributed by atoms with van der Waals surface area (Å²) in [5.41, 5.74) is 1.59. The first-order valence-electron chi connectivity index (χ1n) is 6.45. The summed E-state index contributed by atoms with van der Waals surface area (Å²) in [5.74, 6) is -1.23. The van der Waals surface area contributed by atoms with E-state index < -0.39 is 11.5 Å². The zero-order valence-electron chi connectivity index (χ0n) is 11.5. The van der Waals surface area contributed by atoms with E-state index in [9.17, 15) is 9.59 Å². The van der Waals surface area contributed by atoms with Crippen LogP contribution in [-0.4, -0.2) is 20.9 Å². The van der Waals surface area contributed by atoms with E-state index in [-0.39, 0.29) is 5.56 Å². The molecule has 104 valence electrons. The number of benzene rings is 1. The monoisotopic (exact) mass is 272 g/mol. The molecule has 0 amide bonds. The Bertz CT molecular complexity index is 687. The van der Waals surface area contributed by atoms with Crippen molar-refractivity contribution in [2.75, 3.05) is 0 Å². The Labute approximate surface area is 116 Å². The SMILES string of the molecule is CCCn1nc(-c2ccc(C)cc2)cc(C(=O)O)c1=O. The van der Waals surface area contributed by atoms with Gasteiger partial charge in [0.2, 0.25) is 0 Å². The third kappa shape index (κ3) is 2.77. The summed E-state index contributed by atoms with van der Waals surface area (Å²) in [6, 6.07) is 8.91. The molecule has 0 atom stereocenters. The summed E-state index contributed by atoms with van der Waals surface area (Å²) in [4.78, 5) is 23.1. The quantitative estimate of drug-likeness (QED) is 0.927. The number of carbonyl (C=O) groups is 1. The van der Waals surface area contributed by atoms with Crippen molar-refractivity contribution in [3.8, 4) is 11.3 Å². The van der Waals surface area contributed by atoms with Gasteiger partial charge in [-0.3, -0.25) is 4.79 Å². The minimum Gasteiger partial charge on any atom is -0.477 e. The van der Waals surface area contributed by atoms with Crippen molar-refractivity contribution < 1.29 is 9.90 Å². The third-order valence-electron chi connectivity index (χ3n) is 2.99. The van der Waals surface area contributed by atoms with Gasteiger partial charge in [-0.25, -0.2) is 9.48 Å². The molecule has 20 heavy (non-hydrogen) atoms. The largest absolute Gasteiger partial charge is 0.477 e. The van der Waals surface area contributed by atoms with E-state index in [2.05, 4.69) is 5.10 Å². The van der Waals surface area contributed by atoms with Crippen LogP contribution in [0.4, 0.5) is 0 Å². The lowest BCUT2D eigenvalue weighted by Crippen LogP contribution is -2.28. The maximum absolute atomic E-state index is 12.0. The van der Waals surface area contributed by atoms with Crippen LogP contribution in [0.5, 0.6) is 0 Å². The van der Waals surface area contributed by atoms with Crippen LogP contribution in [0.15, 0.2) is 35.1 Å². The lowest BCUT2D eigenvalue weighted by Gasteiger charge is -2.08. The fourth-order valence-corrected chi connectivity index (χ4v) is 1.92. The number of carboxylic acids is 1. The van der Waals surface area contributed by atoms with Crippen LogP contribution in [0.3, 0.4) is 0 Å². The van der Waals surface area contributed by atoms with E-state index in [1.807, 2.05) is 38.1 Å². The lowest BCUT2D eigenvalue weighted by molar-refractivity contribution is 0.0693. The highest BCUT2D eigenvalue weighted by atomic mass is 16.4. The van der Waals surface area contributed by atoms with Gasteiger partial charge >= 0.3 is 5.97 Å². The van der Waals surface area contributed by atoms with Crippen molar-refractivity contribution in [3.05, 3.63) is 51.8 Å². The molecule has 0 bridgehead atoms. The molecule has 1 aromatic heterocycles. The van der Waals surface area contributed by atoms with Gasteiger partial charge in [0.25, 0.3) is 5.56 Å². The average Bonchev–Trinajstić information content (AvgIpc) is 2.42. The molecule has 0 unspecified atom stereocenters. The molecule has 1 N–H and O–H groups in total. The van der Waals surface area contributed by atoms with Crippen molar-refractivity contribution in [2.45, 2.75) is 26.8 Å². The molecule has 0 spiro atoms.